The fourth-order valence-electron chi connectivity index (χ4n) is 3.23. The first kappa shape index (κ1) is 22.9. The van der Waals surface area contributed by atoms with Gasteiger partial charge in [0.1, 0.15) is 22.1 Å². The number of aromatic hydroxyl groups is 1. The molecule has 1 heterocycles. The Kier molecular flexibility index (Phi) is 7.41. The Bertz CT molecular complexity index is 1120. The molecular weight excluding hydrogens is 440 g/mol. The number of phenolic OH excluding ortho intramolecular Hbond substituents is 1. The summed E-state index contributed by atoms with van der Waals surface area (Å²) >= 11 is 7.30. The largest absolute Gasteiger partial charge is 0.507 e. The van der Waals surface area contributed by atoms with Crippen LogP contribution in [-0.4, -0.2) is 35.2 Å². The number of hydrogen-bond acceptors (Lipinski definition) is 6. The first-order valence-corrected chi connectivity index (χ1v) is 11.1. The van der Waals surface area contributed by atoms with Crippen LogP contribution in [0.1, 0.15) is 52.3 Å². The molecule has 0 aliphatic heterocycles. The number of halogens is 1. The first-order chi connectivity index (χ1) is 14.8. The second-order valence-electron chi connectivity index (χ2n) is 7.00. The molecule has 0 spiro atoms. The number of rotatable bonds is 10. The molecule has 3 aromatic rings. The Morgan fingerprint density at radius 3 is 2.55 bits per heavy atom. The lowest BCUT2D eigenvalue weighted by Gasteiger charge is -2.15. The zero-order valence-corrected chi connectivity index (χ0v) is 18.8. The summed E-state index contributed by atoms with van der Waals surface area (Å²) in [4.78, 5) is 23.0. The van der Waals surface area contributed by atoms with Crippen molar-refractivity contribution in [2.45, 2.75) is 33.1 Å². The summed E-state index contributed by atoms with van der Waals surface area (Å²) in [7, 11) is 0. The lowest BCUT2D eigenvalue weighted by Crippen LogP contribution is -2.07. The molecule has 0 fully saturated rings. The van der Waals surface area contributed by atoms with E-state index in [2.05, 4.69) is 0 Å². The number of thiophene rings is 1. The van der Waals surface area contributed by atoms with E-state index in [1.165, 1.54) is 6.92 Å². The normalized spacial score (nSPS) is 10.9. The highest BCUT2D eigenvalue weighted by Gasteiger charge is 2.17. The number of hydrogen-bond donors (Lipinski definition) is 2. The monoisotopic (exact) mass is 462 g/mol. The van der Waals surface area contributed by atoms with E-state index in [9.17, 15) is 19.8 Å². The quantitative estimate of drug-likeness (QED) is 0.285. The predicted octanol–water partition coefficient (Wildman–Crippen LogP) is 5.96. The fourth-order valence-corrected chi connectivity index (χ4v) is 4.56. The Hall–Kier alpha value is -2.77. The van der Waals surface area contributed by atoms with Crippen LogP contribution in [0, 0.1) is 0 Å². The molecule has 0 unspecified atom stereocenters. The van der Waals surface area contributed by atoms with Crippen molar-refractivity contribution in [2.75, 3.05) is 13.2 Å². The van der Waals surface area contributed by atoms with E-state index >= 15 is 0 Å². The van der Waals surface area contributed by atoms with Gasteiger partial charge in [-0.3, -0.25) is 4.79 Å². The van der Waals surface area contributed by atoms with E-state index < -0.39 is 5.97 Å². The van der Waals surface area contributed by atoms with Crippen molar-refractivity contribution in [3.8, 4) is 17.2 Å². The van der Waals surface area contributed by atoms with Gasteiger partial charge in [-0.15, -0.1) is 11.3 Å². The lowest BCUT2D eigenvalue weighted by molar-refractivity contribution is 0.0702. The molecule has 0 atom stereocenters. The minimum atomic E-state index is -1.05. The molecule has 1 aromatic heterocycles. The van der Waals surface area contributed by atoms with Crippen molar-refractivity contribution in [2.24, 2.45) is 0 Å². The van der Waals surface area contributed by atoms with Gasteiger partial charge >= 0.3 is 5.97 Å². The number of ether oxygens (including phenoxy) is 2. The number of aromatic carboxylic acids is 1. The molecule has 0 bridgehead atoms. The zero-order valence-electron chi connectivity index (χ0n) is 17.2. The van der Waals surface area contributed by atoms with Crippen molar-refractivity contribution < 1.29 is 29.3 Å². The van der Waals surface area contributed by atoms with Crippen LogP contribution in [0.5, 0.6) is 17.2 Å². The molecule has 3 rings (SSSR count). The summed E-state index contributed by atoms with van der Waals surface area (Å²) in [5.41, 5.74) is 0.940. The smallest absolute Gasteiger partial charge is 0.347 e. The van der Waals surface area contributed by atoms with Gasteiger partial charge in [-0.05, 0) is 43.7 Å². The average Bonchev–Trinajstić information content (AvgIpc) is 3.06. The van der Waals surface area contributed by atoms with Crippen LogP contribution in [-0.2, 0) is 6.42 Å². The van der Waals surface area contributed by atoms with Crippen LogP contribution in [0.4, 0.5) is 0 Å². The van der Waals surface area contributed by atoms with E-state index in [0.717, 1.165) is 22.5 Å². The summed E-state index contributed by atoms with van der Waals surface area (Å²) in [6, 6.07) is 8.60. The van der Waals surface area contributed by atoms with Gasteiger partial charge in [-0.1, -0.05) is 24.9 Å². The molecule has 31 heavy (non-hydrogen) atoms. The predicted molar refractivity (Wildman–Crippen MR) is 122 cm³/mol. The van der Waals surface area contributed by atoms with Gasteiger partial charge in [0.05, 0.1) is 23.8 Å². The van der Waals surface area contributed by atoms with Crippen molar-refractivity contribution in [3.63, 3.8) is 0 Å². The minimum Gasteiger partial charge on any atom is -0.507 e. The maximum atomic E-state index is 11.7. The van der Waals surface area contributed by atoms with E-state index in [4.69, 9.17) is 21.1 Å². The molecule has 0 amide bonds. The SMILES string of the molecule is CCCc1c(OCCCOc2ccc3sc(C(=O)O)c(Cl)c3c2)ccc(C(C)=O)c1O. The summed E-state index contributed by atoms with van der Waals surface area (Å²) in [5.74, 6) is -0.0790. The van der Waals surface area contributed by atoms with Gasteiger partial charge in [0.25, 0.3) is 0 Å². The van der Waals surface area contributed by atoms with E-state index in [1.54, 1.807) is 30.3 Å². The van der Waals surface area contributed by atoms with Crippen LogP contribution >= 0.6 is 22.9 Å². The molecule has 0 saturated carbocycles. The van der Waals surface area contributed by atoms with E-state index in [1.807, 2.05) is 6.92 Å². The molecular formula is C23H23ClO6S. The second kappa shape index (κ2) is 10.0. The molecule has 2 N–H and O–H groups in total. The molecule has 2 aromatic carbocycles. The van der Waals surface area contributed by atoms with Gasteiger partial charge in [0.2, 0.25) is 0 Å². The van der Waals surface area contributed by atoms with Crippen molar-refractivity contribution in [3.05, 3.63) is 51.4 Å². The number of fused-ring (bicyclic) bond motifs is 1. The number of carboxylic acid groups (broad SMARTS) is 1. The highest BCUT2D eigenvalue weighted by atomic mass is 35.5. The topological polar surface area (TPSA) is 93.1 Å². The Morgan fingerprint density at radius 2 is 1.87 bits per heavy atom. The number of benzene rings is 2. The van der Waals surface area contributed by atoms with Gasteiger partial charge < -0.3 is 19.7 Å². The second-order valence-corrected chi connectivity index (χ2v) is 8.43. The summed E-state index contributed by atoms with van der Waals surface area (Å²) < 4.78 is 12.4. The van der Waals surface area contributed by atoms with Gasteiger partial charge in [-0.2, -0.15) is 0 Å². The fraction of sp³-hybridized carbons (Fsp3) is 0.304. The number of carboxylic acids is 1. The highest BCUT2D eigenvalue weighted by molar-refractivity contribution is 7.21. The Labute approximate surface area is 189 Å². The van der Waals surface area contributed by atoms with Crippen LogP contribution in [0.2, 0.25) is 5.02 Å². The van der Waals surface area contributed by atoms with Crippen LogP contribution in [0.3, 0.4) is 0 Å². The van der Waals surface area contributed by atoms with E-state index in [0.29, 0.717) is 54.1 Å². The molecule has 0 aliphatic rings. The number of phenols is 1. The summed E-state index contributed by atoms with van der Waals surface area (Å²) in [6.07, 6.45) is 2.01. The zero-order chi connectivity index (χ0) is 22.5. The summed E-state index contributed by atoms with van der Waals surface area (Å²) in [6.45, 7) is 4.18. The third-order valence-electron chi connectivity index (χ3n) is 4.73. The summed E-state index contributed by atoms with van der Waals surface area (Å²) in [5, 5.41) is 20.5. The van der Waals surface area contributed by atoms with Gasteiger partial charge in [-0.25, -0.2) is 4.79 Å². The van der Waals surface area contributed by atoms with Crippen molar-refractivity contribution in [1.82, 2.24) is 0 Å². The maximum absolute atomic E-state index is 11.7. The molecule has 0 aliphatic carbocycles. The molecule has 164 valence electrons. The van der Waals surface area contributed by atoms with Crippen molar-refractivity contribution >= 4 is 44.8 Å². The number of carbonyl (C=O) groups is 2. The average molecular weight is 463 g/mol. The van der Waals surface area contributed by atoms with Crippen LogP contribution in [0.25, 0.3) is 10.1 Å². The third-order valence-corrected chi connectivity index (χ3v) is 6.39. The number of ketones is 1. The number of Topliss-reactive ketones (excluding diaryl/α,β-unsaturated/α-hetero) is 1. The number of carbonyl (C=O) groups excluding carboxylic acids is 1. The van der Waals surface area contributed by atoms with Gasteiger partial charge in [0, 0.05) is 22.1 Å². The lowest BCUT2D eigenvalue weighted by atomic mass is 10.0. The van der Waals surface area contributed by atoms with Gasteiger partial charge in [0.15, 0.2) is 5.78 Å². The molecule has 0 saturated heterocycles. The Balaban J connectivity index is 1.59. The highest BCUT2D eigenvalue weighted by Crippen LogP contribution is 2.37. The standard InChI is InChI=1S/C23H23ClO6S/c1-3-5-16-18(8-7-15(13(2)25)21(16)26)30-11-4-10-29-14-6-9-19-17(12-14)20(24)22(31-19)23(27)28/h6-9,12,26H,3-5,10-11H2,1-2H3,(H,27,28). The van der Waals surface area contributed by atoms with E-state index in [-0.39, 0.29) is 21.4 Å². The molecule has 6 nitrogen and oxygen atoms in total. The minimum absolute atomic E-state index is 0.00947. The first-order valence-electron chi connectivity index (χ1n) is 9.90. The molecule has 0 radical (unpaired) electrons. The maximum Gasteiger partial charge on any atom is 0.347 e. The van der Waals surface area contributed by atoms with Crippen molar-refractivity contribution in [1.29, 1.82) is 0 Å². The Morgan fingerprint density at radius 1 is 1.13 bits per heavy atom. The molecule has 8 heteroatoms. The van der Waals surface area contributed by atoms with Crippen LogP contribution in [0.15, 0.2) is 30.3 Å². The van der Waals surface area contributed by atoms with Crippen LogP contribution < -0.4 is 9.47 Å². The third kappa shape index (κ3) is 5.11.